The Bertz CT molecular complexity index is 684. The minimum atomic E-state index is -1.70. The Morgan fingerprint density at radius 2 is 1.31 bits per heavy atom. The minimum Gasteiger partial charge on any atom is -0.481 e. The van der Waals surface area contributed by atoms with Crippen LogP contribution in [0, 0.1) is 5.92 Å². The first-order valence-corrected chi connectivity index (χ1v) is 10.2. The molecule has 184 valence electrons. The van der Waals surface area contributed by atoms with E-state index in [1.54, 1.807) is 6.92 Å². The van der Waals surface area contributed by atoms with Crippen molar-refractivity contribution in [3.05, 3.63) is 0 Å². The summed E-state index contributed by atoms with van der Waals surface area (Å²) in [4.78, 5) is 59.6. The first-order chi connectivity index (χ1) is 14.7. The number of carbonyl (C=O) groups excluding carboxylic acids is 3. The van der Waals surface area contributed by atoms with Crippen LogP contribution in [-0.4, -0.2) is 86.5 Å². The van der Waals surface area contributed by atoms with Gasteiger partial charge in [-0.25, -0.2) is 4.79 Å². The molecule has 0 radical (unpaired) electrons. The Morgan fingerprint density at radius 3 is 1.72 bits per heavy atom. The van der Waals surface area contributed by atoms with Crippen LogP contribution in [-0.2, 0) is 24.0 Å². The molecule has 0 saturated heterocycles. The normalized spacial score (nSPS) is 17.6. The highest BCUT2D eigenvalue weighted by molar-refractivity contribution is 5.94. The molecule has 0 aromatic heterocycles. The smallest absolute Gasteiger partial charge is 0.328 e. The van der Waals surface area contributed by atoms with Gasteiger partial charge in [-0.15, -0.1) is 0 Å². The summed E-state index contributed by atoms with van der Waals surface area (Å²) >= 11 is 0. The van der Waals surface area contributed by atoms with Crippen LogP contribution in [0.2, 0.25) is 0 Å². The van der Waals surface area contributed by atoms with E-state index in [1.165, 1.54) is 6.92 Å². The molecule has 7 atom stereocenters. The van der Waals surface area contributed by atoms with Crippen molar-refractivity contribution >= 4 is 29.7 Å². The van der Waals surface area contributed by atoms with Crippen LogP contribution in [0.25, 0.3) is 0 Å². The maximum Gasteiger partial charge on any atom is 0.328 e. The van der Waals surface area contributed by atoms with Gasteiger partial charge in [0.2, 0.25) is 17.7 Å². The van der Waals surface area contributed by atoms with E-state index in [2.05, 4.69) is 10.6 Å². The predicted octanol–water partition coefficient (Wildman–Crippen LogP) is -2.47. The average molecular weight is 463 g/mol. The number of hydrogen-bond donors (Lipinski definition) is 8. The van der Waals surface area contributed by atoms with Gasteiger partial charge in [-0.05, 0) is 26.2 Å². The van der Waals surface area contributed by atoms with Crippen molar-refractivity contribution in [2.45, 2.75) is 83.3 Å². The molecule has 0 saturated carbocycles. The van der Waals surface area contributed by atoms with E-state index in [-0.39, 0.29) is 5.92 Å². The number of nitrogens with one attached hydrogen (secondary N) is 3. The van der Waals surface area contributed by atoms with E-state index in [9.17, 15) is 34.2 Å². The second kappa shape index (κ2) is 13.6. The third-order valence-electron chi connectivity index (χ3n) is 4.95. The van der Waals surface area contributed by atoms with Gasteiger partial charge < -0.3 is 42.1 Å². The number of aliphatic hydroxyl groups excluding tert-OH is 2. The van der Waals surface area contributed by atoms with E-state index >= 15 is 0 Å². The van der Waals surface area contributed by atoms with Crippen molar-refractivity contribution in [2.24, 2.45) is 11.7 Å². The average Bonchev–Trinajstić information content (AvgIpc) is 2.70. The molecule has 9 N–H and O–H groups in total. The lowest BCUT2D eigenvalue weighted by Crippen LogP contribution is -2.60. The van der Waals surface area contributed by atoms with Crippen LogP contribution >= 0.6 is 0 Å². The van der Waals surface area contributed by atoms with Crippen LogP contribution in [0.1, 0.15) is 47.0 Å². The van der Waals surface area contributed by atoms with Gasteiger partial charge in [0.25, 0.3) is 0 Å². The van der Waals surface area contributed by atoms with E-state index in [4.69, 9.17) is 15.9 Å². The zero-order valence-corrected chi connectivity index (χ0v) is 18.6. The highest BCUT2D eigenvalue weighted by Crippen LogP contribution is 2.07. The van der Waals surface area contributed by atoms with Gasteiger partial charge >= 0.3 is 11.9 Å². The van der Waals surface area contributed by atoms with Gasteiger partial charge in [0, 0.05) is 6.42 Å². The Kier molecular flexibility index (Phi) is 12.4. The summed E-state index contributed by atoms with van der Waals surface area (Å²) in [5.74, 6) is -5.78. The molecule has 0 heterocycles. The standard InChI is InChI=1S/C19H34N4O9/c1-5-8(2)13(20)17(29)22-14(9(3)24)18(30)21-11(6-7-12(26)27)16(28)23-15(10(4)25)19(31)32/h8-11,13-15,24-25H,5-7,20H2,1-4H3,(H,21,30)(H,22,29)(H,23,28)(H,26,27)(H,31,32). The summed E-state index contributed by atoms with van der Waals surface area (Å²) in [5, 5.41) is 44.0. The molecule has 13 heteroatoms. The molecule has 0 aliphatic rings. The topological polar surface area (TPSA) is 228 Å². The number of nitrogens with two attached hydrogens (primary N) is 1. The fourth-order valence-electron chi connectivity index (χ4n) is 2.61. The summed E-state index contributed by atoms with van der Waals surface area (Å²) in [6, 6.07) is -5.68. The number of aliphatic carboxylic acids is 2. The van der Waals surface area contributed by atoms with E-state index in [0.29, 0.717) is 6.42 Å². The van der Waals surface area contributed by atoms with Crippen molar-refractivity contribution in [2.75, 3.05) is 0 Å². The highest BCUT2D eigenvalue weighted by atomic mass is 16.4. The number of carboxylic acids is 2. The second-order valence-electron chi connectivity index (χ2n) is 7.70. The van der Waals surface area contributed by atoms with Crippen LogP contribution in [0.3, 0.4) is 0 Å². The van der Waals surface area contributed by atoms with E-state index < -0.39 is 78.9 Å². The number of hydrogen-bond acceptors (Lipinski definition) is 8. The Hall–Kier alpha value is -2.77. The monoisotopic (exact) mass is 462 g/mol. The maximum absolute atomic E-state index is 12.7. The SMILES string of the molecule is CCC(C)C(N)C(=O)NC(C(=O)NC(CCC(=O)O)C(=O)NC(C(=O)O)C(C)O)C(C)O. The number of carboxylic acid groups (broad SMARTS) is 2. The van der Waals surface area contributed by atoms with Crippen LogP contribution in [0.15, 0.2) is 0 Å². The number of aliphatic hydroxyl groups is 2. The molecule has 7 unspecified atom stereocenters. The molecule has 3 amide bonds. The molecule has 0 aliphatic carbocycles. The highest BCUT2D eigenvalue weighted by Gasteiger charge is 2.34. The zero-order valence-electron chi connectivity index (χ0n) is 18.6. The number of rotatable bonds is 14. The summed E-state index contributed by atoms with van der Waals surface area (Å²) in [7, 11) is 0. The van der Waals surface area contributed by atoms with Gasteiger partial charge in [0.1, 0.15) is 12.1 Å². The Labute approximate surface area is 185 Å². The molecule has 13 nitrogen and oxygen atoms in total. The Morgan fingerprint density at radius 1 is 0.812 bits per heavy atom. The van der Waals surface area contributed by atoms with Crippen LogP contribution in [0.4, 0.5) is 0 Å². The fourth-order valence-corrected chi connectivity index (χ4v) is 2.61. The van der Waals surface area contributed by atoms with Crippen molar-refractivity contribution in [1.82, 2.24) is 16.0 Å². The number of carbonyl (C=O) groups is 5. The lowest BCUT2D eigenvalue weighted by Gasteiger charge is -2.27. The summed E-state index contributed by atoms with van der Waals surface area (Å²) in [6.07, 6.45) is -3.23. The van der Waals surface area contributed by atoms with Crippen LogP contribution in [0.5, 0.6) is 0 Å². The minimum absolute atomic E-state index is 0.213. The lowest BCUT2D eigenvalue weighted by molar-refractivity contribution is -0.145. The first kappa shape index (κ1) is 29.2. The van der Waals surface area contributed by atoms with Gasteiger partial charge in [-0.2, -0.15) is 0 Å². The van der Waals surface area contributed by atoms with Crippen molar-refractivity contribution in [3.8, 4) is 0 Å². The molecule has 0 spiro atoms. The molecule has 0 aromatic rings. The zero-order chi connectivity index (χ0) is 25.2. The summed E-state index contributed by atoms with van der Waals surface area (Å²) < 4.78 is 0. The first-order valence-electron chi connectivity index (χ1n) is 10.2. The fraction of sp³-hybridized carbons (Fsp3) is 0.737. The van der Waals surface area contributed by atoms with Crippen LogP contribution < -0.4 is 21.7 Å². The van der Waals surface area contributed by atoms with E-state index in [1.807, 2.05) is 12.2 Å². The van der Waals surface area contributed by atoms with Crippen molar-refractivity contribution in [1.29, 1.82) is 0 Å². The predicted molar refractivity (Wildman–Crippen MR) is 111 cm³/mol. The molecule has 0 aliphatic heterocycles. The summed E-state index contributed by atoms with van der Waals surface area (Å²) in [6.45, 7) is 5.90. The molecule has 0 rings (SSSR count). The molecular formula is C19H34N4O9. The third kappa shape index (κ3) is 9.58. The van der Waals surface area contributed by atoms with Gasteiger partial charge in [-0.1, -0.05) is 20.3 Å². The second-order valence-corrected chi connectivity index (χ2v) is 7.70. The molecular weight excluding hydrogens is 428 g/mol. The van der Waals surface area contributed by atoms with Crippen molar-refractivity contribution < 1.29 is 44.4 Å². The van der Waals surface area contributed by atoms with Gasteiger partial charge in [-0.3, -0.25) is 19.2 Å². The summed E-state index contributed by atoms with van der Waals surface area (Å²) in [5.41, 5.74) is 5.83. The maximum atomic E-state index is 12.7. The van der Waals surface area contributed by atoms with E-state index in [0.717, 1.165) is 6.92 Å². The van der Waals surface area contributed by atoms with Gasteiger partial charge in [0.15, 0.2) is 6.04 Å². The largest absolute Gasteiger partial charge is 0.481 e. The van der Waals surface area contributed by atoms with Crippen molar-refractivity contribution in [3.63, 3.8) is 0 Å². The molecule has 0 bridgehead atoms. The quantitative estimate of drug-likeness (QED) is 0.135. The number of amides is 3. The lowest BCUT2D eigenvalue weighted by atomic mass is 9.98. The Balaban J connectivity index is 5.53. The molecule has 0 aromatic carbocycles. The molecule has 0 fully saturated rings. The van der Waals surface area contributed by atoms with Gasteiger partial charge in [0.05, 0.1) is 18.2 Å². The molecule has 32 heavy (non-hydrogen) atoms. The third-order valence-corrected chi connectivity index (χ3v) is 4.95.